The lowest BCUT2D eigenvalue weighted by molar-refractivity contribution is 0.102. The Kier molecular flexibility index (Phi) is 5.36. The van der Waals surface area contributed by atoms with Gasteiger partial charge in [-0.15, -0.1) is 0 Å². The minimum atomic E-state index is -0.188. The summed E-state index contributed by atoms with van der Waals surface area (Å²) in [6, 6.07) is 8.70. The average molecular weight is 367 g/mol. The Bertz CT molecular complexity index is 696. The molecule has 0 saturated heterocycles. The van der Waals surface area contributed by atoms with E-state index in [0.29, 0.717) is 10.7 Å². The molecule has 0 bridgehead atoms. The number of halogens is 1. The second-order valence-electron chi connectivity index (χ2n) is 4.85. The van der Waals surface area contributed by atoms with Crippen molar-refractivity contribution < 1.29 is 4.79 Å². The van der Waals surface area contributed by atoms with Gasteiger partial charge in [0.05, 0.1) is 11.4 Å². The Morgan fingerprint density at radius 3 is 2.62 bits per heavy atom. The van der Waals surface area contributed by atoms with Crippen LogP contribution in [0.3, 0.4) is 0 Å². The van der Waals surface area contributed by atoms with E-state index >= 15 is 0 Å². The SMILES string of the molecule is CC(C)c1cc(=O)[nH]c(SCC(=O)c2ccc(Br)cc2)n1. The second-order valence-corrected chi connectivity index (χ2v) is 6.73. The molecule has 1 aromatic carbocycles. The van der Waals surface area contributed by atoms with E-state index in [2.05, 4.69) is 25.9 Å². The summed E-state index contributed by atoms with van der Waals surface area (Å²) >= 11 is 4.58. The van der Waals surface area contributed by atoms with E-state index in [4.69, 9.17) is 0 Å². The quantitative estimate of drug-likeness (QED) is 0.498. The van der Waals surface area contributed by atoms with Crippen LogP contribution in [0.1, 0.15) is 35.8 Å². The first kappa shape index (κ1) is 16.0. The smallest absolute Gasteiger partial charge is 0.251 e. The molecule has 0 spiro atoms. The van der Waals surface area contributed by atoms with Gasteiger partial charge in [-0.05, 0) is 18.1 Å². The number of benzene rings is 1. The zero-order valence-electron chi connectivity index (χ0n) is 11.7. The highest BCUT2D eigenvalue weighted by atomic mass is 79.9. The molecule has 1 N–H and O–H groups in total. The third kappa shape index (κ3) is 4.54. The van der Waals surface area contributed by atoms with Crippen LogP contribution in [-0.2, 0) is 0 Å². The molecule has 0 aliphatic heterocycles. The van der Waals surface area contributed by atoms with Gasteiger partial charge in [0.2, 0.25) is 0 Å². The number of rotatable bonds is 5. The Hall–Kier alpha value is -1.40. The molecule has 0 aliphatic carbocycles. The predicted octanol–water partition coefficient (Wildman–Crippen LogP) is 3.63. The highest BCUT2D eigenvalue weighted by Crippen LogP contribution is 2.18. The summed E-state index contributed by atoms with van der Waals surface area (Å²) in [5.41, 5.74) is 1.19. The number of carbonyl (C=O) groups is 1. The first-order chi connectivity index (χ1) is 9.95. The maximum Gasteiger partial charge on any atom is 0.251 e. The van der Waals surface area contributed by atoms with Crippen molar-refractivity contribution in [2.24, 2.45) is 0 Å². The fraction of sp³-hybridized carbons (Fsp3) is 0.267. The number of hydrogen-bond acceptors (Lipinski definition) is 4. The number of thioether (sulfide) groups is 1. The highest BCUT2D eigenvalue weighted by Gasteiger charge is 2.10. The van der Waals surface area contributed by atoms with Gasteiger partial charge in [0.25, 0.3) is 5.56 Å². The molecule has 0 fully saturated rings. The van der Waals surface area contributed by atoms with E-state index < -0.39 is 0 Å². The zero-order valence-corrected chi connectivity index (χ0v) is 14.1. The third-order valence-corrected chi connectivity index (χ3v) is 4.24. The highest BCUT2D eigenvalue weighted by molar-refractivity contribution is 9.10. The summed E-state index contributed by atoms with van der Waals surface area (Å²) in [5, 5.41) is 0.483. The molecule has 6 heteroatoms. The average Bonchev–Trinajstić information content (AvgIpc) is 2.45. The van der Waals surface area contributed by atoms with Gasteiger partial charge >= 0.3 is 0 Å². The van der Waals surface area contributed by atoms with Gasteiger partial charge in [-0.3, -0.25) is 9.59 Å². The van der Waals surface area contributed by atoms with Crippen molar-refractivity contribution in [2.45, 2.75) is 24.9 Å². The number of carbonyl (C=O) groups excluding carboxylic acids is 1. The van der Waals surface area contributed by atoms with Crippen LogP contribution in [-0.4, -0.2) is 21.5 Å². The van der Waals surface area contributed by atoms with E-state index in [1.54, 1.807) is 12.1 Å². The molecular weight excluding hydrogens is 352 g/mol. The number of aromatic amines is 1. The Balaban J connectivity index is 2.07. The Morgan fingerprint density at radius 2 is 2.00 bits per heavy atom. The van der Waals surface area contributed by atoms with Crippen molar-refractivity contribution in [3.63, 3.8) is 0 Å². The lowest BCUT2D eigenvalue weighted by Crippen LogP contribution is -2.12. The van der Waals surface area contributed by atoms with Crippen molar-refractivity contribution in [3.8, 4) is 0 Å². The Labute approximate surface area is 135 Å². The van der Waals surface area contributed by atoms with Crippen molar-refractivity contribution in [2.75, 3.05) is 5.75 Å². The largest absolute Gasteiger partial charge is 0.301 e. The summed E-state index contributed by atoms with van der Waals surface area (Å²) < 4.78 is 0.933. The van der Waals surface area contributed by atoms with Gasteiger partial charge in [-0.25, -0.2) is 4.98 Å². The molecule has 4 nitrogen and oxygen atoms in total. The monoisotopic (exact) mass is 366 g/mol. The number of nitrogens with zero attached hydrogens (tertiary/aromatic N) is 1. The summed E-state index contributed by atoms with van der Waals surface area (Å²) in [6.45, 7) is 3.95. The first-order valence-electron chi connectivity index (χ1n) is 6.48. The van der Waals surface area contributed by atoms with Gasteiger partial charge in [0, 0.05) is 16.1 Å². The van der Waals surface area contributed by atoms with E-state index in [9.17, 15) is 9.59 Å². The minimum Gasteiger partial charge on any atom is -0.301 e. The van der Waals surface area contributed by atoms with Crippen LogP contribution in [0.5, 0.6) is 0 Å². The van der Waals surface area contributed by atoms with Crippen molar-refractivity contribution >= 4 is 33.5 Å². The number of nitrogens with one attached hydrogen (secondary N) is 1. The molecule has 0 amide bonds. The van der Waals surface area contributed by atoms with Gasteiger partial charge in [-0.2, -0.15) is 0 Å². The molecular formula is C15H15BrN2O2S. The van der Waals surface area contributed by atoms with Gasteiger partial charge in [0.1, 0.15) is 0 Å². The van der Waals surface area contributed by atoms with Gasteiger partial charge < -0.3 is 4.98 Å². The number of H-pyrrole nitrogens is 1. The van der Waals surface area contributed by atoms with Crippen molar-refractivity contribution in [1.29, 1.82) is 0 Å². The third-order valence-electron chi connectivity index (χ3n) is 2.84. The van der Waals surface area contributed by atoms with E-state index in [1.807, 2.05) is 26.0 Å². The van der Waals surface area contributed by atoms with Crippen LogP contribution < -0.4 is 5.56 Å². The van der Waals surface area contributed by atoms with Crippen LogP contribution in [0.25, 0.3) is 0 Å². The first-order valence-corrected chi connectivity index (χ1v) is 8.26. The van der Waals surface area contributed by atoms with E-state index in [0.717, 1.165) is 10.2 Å². The summed E-state index contributed by atoms with van der Waals surface area (Å²) in [5.74, 6) is 0.422. The summed E-state index contributed by atoms with van der Waals surface area (Å²) in [4.78, 5) is 30.7. The molecule has 1 heterocycles. The maximum atomic E-state index is 12.1. The number of Topliss-reactive ketones (excluding diaryl/α,β-unsaturated/α-hetero) is 1. The molecule has 1 aromatic heterocycles. The topological polar surface area (TPSA) is 62.8 Å². The number of ketones is 1. The van der Waals surface area contributed by atoms with E-state index in [1.165, 1.54) is 17.8 Å². The van der Waals surface area contributed by atoms with E-state index in [-0.39, 0.29) is 23.0 Å². The molecule has 110 valence electrons. The van der Waals surface area contributed by atoms with Crippen LogP contribution in [0.2, 0.25) is 0 Å². The fourth-order valence-electron chi connectivity index (χ4n) is 1.67. The minimum absolute atomic E-state index is 0.00472. The van der Waals surface area contributed by atoms with Crippen LogP contribution >= 0.6 is 27.7 Å². The maximum absolute atomic E-state index is 12.1. The van der Waals surface area contributed by atoms with Crippen LogP contribution in [0.15, 0.2) is 44.8 Å². The standard InChI is InChI=1S/C15H15BrN2O2S/c1-9(2)12-7-14(20)18-15(17-12)21-8-13(19)10-3-5-11(16)6-4-10/h3-7,9H,8H2,1-2H3,(H,17,18,20). The molecule has 21 heavy (non-hydrogen) atoms. The molecule has 0 unspecified atom stereocenters. The van der Waals surface area contributed by atoms with Gasteiger partial charge in [-0.1, -0.05) is 53.7 Å². The lowest BCUT2D eigenvalue weighted by Gasteiger charge is -2.06. The number of aromatic nitrogens is 2. The molecule has 0 aliphatic rings. The molecule has 0 radical (unpaired) electrons. The molecule has 2 rings (SSSR count). The lowest BCUT2D eigenvalue weighted by atomic mass is 10.1. The van der Waals surface area contributed by atoms with Crippen LogP contribution in [0, 0.1) is 0 Å². The molecule has 2 aromatic rings. The summed E-state index contributed by atoms with van der Waals surface area (Å²) in [7, 11) is 0. The molecule has 0 atom stereocenters. The number of hydrogen-bond donors (Lipinski definition) is 1. The van der Waals surface area contributed by atoms with Crippen LogP contribution in [0.4, 0.5) is 0 Å². The second kappa shape index (κ2) is 7.04. The fourth-order valence-corrected chi connectivity index (χ4v) is 2.71. The van der Waals surface area contributed by atoms with Crippen molar-refractivity contribution in [3.05, 3.63) is 56.4 Å². The Morgan fingerprint density at radius 1 is 1.33 bits per heavy atom. The molecule has 0 saturated carbocycles. The van der Waals surface area contributed by atoms with Gasteiger partial charge in [0.15, 0.2) is 10.9 Å². The normalized spacial score (nSPS) is 10.9. The van der Waals surface area contributed by atoms with Crippen molar-refractivity contribution in [1.82, 2.24) is 9.97 Å². The zero-order chi connectivity index (χ0) is 15.4. The predicted molar refractivity (Wildman–Crippen MR) is 88.1 cm³/mol. The summed E-state index contributed by atoms with van der Waals surface area (Å²) in [6.07, 6.45) is 0.